The molecule has 0 aliphatic rings. The van der Waals surface area contributed by atoms with Crippen LogP contribution < -0.4 is 19.5 Å². The van der Waals surface area contributed by atoms with Crippen molar-refractivity contribution < 1.29 is 14.2 Å². The largest absolute Gasteiger partial charge is 0.496 e. The van der Waals surface area contributed by atoms with Crippen molar-refractivity contribution in [3.8, 4) is 17.2 Å². The van der Waals surface area contributed by atoms with Gasteiger partial charge in [-0.2, -0.15) is 0 Å². The maximum atomic E-state index is 5.40. The second-order valence-corrected chi connectivity index (χ2v) is 4.04. The molecule has 1 aromatic carbocycles. The smallest absolute Gasteiger partial charge is 0.130 e. The van der Waals surface area contributed by atoms with Gasteiger partial charge in [0, 0.05) is 25.3 Å². The second-order valence-electron chi connectivity index (χ2n) is 4.04. The average molecular weight is 254 g/mol. The summed E-state index contributed by atoms with van der Waals surface area (Å²) in [4.78, 5) is 2.13. The zero-order chi connectivity index (χ0) is 13.5. The van der Waals surface area contributed by atoms with E-state index in [1.54, 1.807) is 21.3 Å². The van der Waals surface area contributed by atoms with Crippen LogP contribution in [0.3, 0.4) is 0 Å². The molecule has 0 aliphatic heterocycles. The van der Waals surface area contributed by atoms with Gasteiger partial charge in [-0.1, -0.05) is 0 Å². The Kier molecular flexibility index (Phi) is 5.74. The van der Waals surface area contributed by atoms with E-state index >= 15 is 0 Å². The van der Waals surface area contributed by atoms with Gasteiger partial charge in [0.05, 0.1) is 26.9 Å². The third-order valence-corrected chi connectivity index (χ3v) is 2.67. The Morgan fingerprint density at radius 3 is 2.00 bits per heavy atom. The Bertz CT molecular complexity index is 357. The zero-order valence-corrected chi connectivity index (χ0v) is 11.7. The quantitative estimate of drug-likeness (QED) is 0.743. The molecule has 102 valence electrons. The summed E-state index contributed by atoms with van der Waals surface area (Å²) in [7, 11) is 8.87. The molecule has 1 N–H and O–H groups in total. The van der Waals surface area contributed by atoms with Gasteiger partial charge in [0.25, 0.3) is 0 Å². The van der Waals surface area contributed by atoms with Gasteiger partial charge in [-0.3, -0.25) is 4.90 Å². The van der Waals surface area contributed by atoms with Crippen molar-refractivity contribution in [2.75, 3.05) is 42.1 Å². The first-order chi connectivity index (χ1) is 8.65. The molecule has 5 nitrogen and oxygen atoms in total. The van der Waals surface area contributed by atoms with E-state index in [0.717, 1.165) is 36.0 Å². The fraction of sp³-hybridized carbons (Fsp3) is 0.538. The second kappa shape index (κ2) is 7.08. The van der Waals surface area contributed by atoms with E-state index in [-0.39, 0.29) is 0 Å². The van der Waals surface area contributed by atoms with E-state index in [0.29, 0.717) is 0 Å². The van der Waals surface area contributed by atoms with Crippen LogP contribution in [0.4, 0.5) is 0 Å². The van der Waals surface area contributed by atoms with Crippen molar-refractivity contribution in [1.82, 2.24) is 10.2 Å². The zero-order valence-electron chi connectivity index (χ0n) is 11.7. The van der Waals surface area contributed by atoms with Crippen LogP contribution in [0.5, 0.6) is 17.2 Å². The summed E-state index contributed by atoms with van der Waals surface area (Å²) in [6.07, 6.45) is 0. The minimum atomic E-state index is 0.726. The topological polar surface area (TPSA) is 43.0 Å². The minimum absolute atomic E-state index is 0.726. The predicted octanol–water partition coefficient (Wildman–Crippen LogP) is 1.32. The normalized spacial score (nSPS) is 10.6. The van der Waals surface area contributed by atoms with Gasteiger partial charge in [-0.15, -0.1) is 0 Å². The summed E-state index contributed by atoms with van der Waals surface area (Å²) >= 11 is 0. The lowest BCUT2D eigenvalue weighted by molar-refractivity contribution is 0.292. The van der Waals surface area contributed by atoms with E-state index in [9.17, 15) is 0 Å². The molecule has 0 amide bonds. The molecule has 0 unspecified atom stereocenters. The van der Waals surface area contributed by atoms with Crippen molar-refractivity contribution in [2.45, 2.75) is 6.54 Å². The number of ether oxygens (including phenoxy) is 3. The monoisotopic (exact) mass is 254 g/mol. The van der Waals surface area contributed by atoms with Gasteiger partial charge in [-0.05, 0) is 14.1 Å². The Morgan fingerprint density at radius 1 is 1.06 bits per heavy atom. The number of hydrogen-bond acceptors (Lipinski definition) is 5. The van der Waals surface area contributed by atoms with Gasteiger partial charge in [0.2, 0.25) is 0 Å². The predicted molar refractivity (Wildman–Crippen MR) is 71.5 cm³/mol. The number of hydrogen-bond donors (Lipinski definition) is 1. The molecular formula is C13H22N2O3. The Morgan fingerprint density at radius 2 is 1.61 bits per heavy atom. The van der Waals surface area contributed by atoms with E-state index < -0.39 is 0 Å². The van der Waals surface area contributed by atoms with E-state index in [2.05, 4.69) is 10.2 Å². The lowest BCUT2D eigenvalue weighted by Crippen LogP contribution is -2.28. The van der Waals surface area contributed by atoms with Gasteiger partial charge >= 0.3 is 0 Å². The number of nitrogens with zero attached hydrogens (tertiary/aromatic N) is 1. The van der Waals surface area contributed by atoms with Crippen LogP contribution in [0.1, 0.15) is 5.56 Å². The van der Waals surface area contributed by atoms with Crippen molar-refractivity contribution >= 4 is 0 Å². The van der Waals surface area contributed by atoms with Crippen LogP contribution in [0, 0.1) is 0 Å². The summed E-state index contributed by atoms with van der Waals surface area (Å²) in [6.45, 7) is 1.52. The van der Waals surface area contributed by atoms with Crippen molar-refractivity contribution in [2.24, 2.45) is 0 Å². The van der Waals surface area contributed by atoms with Gasteiger partial charge in [0.15, 0.2) is 0 Å². The third-order valence-electron chi connectivity index (χ3n) is 2.67. The Labute approximate surface area is 109 Å². The molecule has 0 radical (unpaired) electrons. The summed E-state index contributed by atoms with van der Waals surface area (Å²) in [5, 5.41) is 3.10. The molecule has 0 atom stereocenters. The fourth-order valence-corrected chi connectivity index (χ4v) is 1.83. The molecule has 0 aliphatic carbocycles. The first kappa shape index (κ1) is 14.6. The highest BCUT2D eigenvalue weighted by molar-refractivity contribution is 5.50. The molecule has 1 rings (SSSR count). The minimum Gasteiger partial charge on any atom is -0.496 e. The van der Waals surface area contributed by atoms with Gasteiger partial charge < -0.3 is 19.5 Å². The average Bonchev–Trinajstić information content (AvgIpc) is 2.39. The maximum absolute atomic E-state index is 5.40. The van der Waals surface area contributed by atoms with Crippen LogP contribution >= 0.6 is 0 Å². The maximum Gasteiger partial charge on any atom is 0.130 e. The Hall–Kier alpha value is -1.46. The highest BCUT2D eigenvalue weighted by Gasteiger charge is 2.14. The van der Waals surface area contributed by atoms with E-state index in [1.807, 2.05) is 26.2 Å². The summed E-state index contributed by atoms with van der Waals surface area (Å²) in [6, 6.07) is 3.73. The lowest BCUT2D eigenvalue weighted by Gasteiger charge is -2.20. The molecule has 0 spiro atoms. The standard InChI is InChI=1S/C13H22N2O3/c1-14-9-15(2)8-11-12(17-4)6-10(16-3)7-13(11)18-5/h6-7,14H,8-9H2,1-5H3. The molecule has 1 aromatic rings. The van der Waals surface area contributed by atoms with Gasteiger partial charge in [0.1, 0.15) is 17.2 Å². The first-order valence-corrected chi connectivity index (χ1v) is 5.78. The first-order valence-electron chi connectivity index (χ1n) is 5.78. The Balaban J connectivity index is 3.06. The van der Waals surface area contributed by atoms with E-state index in [4.69, 9.17) is 14.2 Å². The van der Waals surface area contributed by atoms with Crippen LogP contribution in [-0.2, 0) is 6.54 Å². The molecule has 0 saturated heterocycles. The highest BCUT2D eigenvalue weighted by atomic mass is 16.5. The summed E-state index contributed by atoms with van der Waals surface area (Å²) in [5.74, 6) is 2.27. The molecule has 0 bridgehead atoms. The summed E-state index contributed by atoms with van der Waals surface area (Å²) in [5.41, 5.74) is 1.01. The molecule has 5 heteroatoms. The number of methoxy groups -OCH3 is 3. The number of rotatable bonds is 7. The highest BCUT2D eigenvalue weighted by Crippen LogP contribution is 2.34. The fourth-order valence-electron chi connectivity index (χ4n) is 1.83. The van der Waals surface area contributed by atoms with Crippen molar-refractivity contribution in [1.29, 1.82) is 0 Å². The van der Waals surface area contributed by atoms with Crippen LogP contribution in [0.15, 0.2) is 12.1 Å². The number of nitrogens with one attached hydrogen (secondary N) is 1. The molecule has 0 aromatic heterocycles. The van der Waals surface area contributed by atoms with Gasteiger partial charge in [-0.25, -0.2) is 0 Å². The lowest BCUT2D eigenvalue weighted by atomic mass is 10.1. The third kappa shape index (κ3) is 3.51. The van der Waals surface area contributed by atoms with Crippen molar-refractivity contribution in [3.05, 3.63) is 17.7 Å². The van der Waals surface area contributed by atoms with E-state index in [1.165, 1.54) is 0 Å². The molecule has 0 heterocycles. The SMILES string of the molecule is CNCN(C)Cc1c(OC)cc(OC)cc1OC. The number of benzene rings is 1. The molecule has 18 heavy (non-hydrogen) atoms. The molecular weight excluding hydrogens is 232 g/mol. The van der Waals surface area contributed by atoms with Crippen LogP contribution in [-0.4, -0.2) is 47.0 Å². The van der Waals surface area contributed by atoms with Crippen molar-refractivity contribution in [3.63, 3.8) is 0 Å². The molecule has 0 saturated carbocycles. The molecule has 0 fully saturated rings. The van der Waals surface area contributed by atoms with Crippen LogP contribution in [0.2, 0.25) is 0 Å². The summed E-state index contributed by atoms with van der Waals surface area (Å²) < 4.78 is 16.0. The van der Waals surface area contributed by atoms with Crippen LogP contribution in [0.25, 0.3) is 0 Å².